The van der Waals surface area contributed by atoms with Crippen LogP contribution in [0.15, 0.2) is 84.0 Å². The minimum atomic E-state index is -0.0897. The second-order valence-electron chi connectivity index (χ2n) is 9.71. The lowest BCUT2D eigenvalue weighted by Crippen LogP contribution is -2.23. The number of nitrogens with one attached hydrogen (secondary N) is 2. The fourth-order valence-corrected chi connectivity index (χ4v) is 5.07. The Labute approximate surface area is 225 Å². The summed E-state index contributed by atoms with van der Waals surface area (Å²) in [5.74, 6) is 2.40. The molecule has 0 aliphatic heterocycles. The maximum atomic E-state index is 12.1. The molecule has 3 N–H and O–H groups in total. The van der Waals surface area contributed by atoms with Crippen LogP contribution in [0.3, 0.4) is 0 Å². The van der Waals surface area contributed by atoms with Gasteiger partial charge in [-0.3, -0.25) is 9.36 Å². The molecule has 0 spiro atoms. The molecule has 198 valence electrons. The predicted octanol–water partition coefficient (Wildman–Crippen LogP) is 4.18. The summed E-state index contributed by atoms with van der Waals surface area (Å²) in [6.07, 6.45) is 7.71. The molecule has 0 unspecified atom stereocenters. The fraction of sp³-hybridized carbons (Fsp3) is 0.241. The number of benzene rings is 1. The first-order valence-corrected chi connectivity index (χ1v) is 12.9. The van der Waals surface area contributed by atoms with Gasteiger partial charge in [-0.05, 0) is 55.2 Å². The van der Waals surface area contributed by atoms with E-state index in [1.165, 1.54) is 12.3 Å². The van der Waals surface area contributed by atoms with E-state index in [1.54, 1.807) is 36.2 Å². The molecule has 2 atom stereocenters. The first kappa shape index (κ1) is 24.5. The van der Waals surface area contributed by atoms with Gasteiger partial charge in [0.05, 0.1) is 37.3 Å². The van der Waals surface area contributed by atoms with Gasteiger partial charge < -0.3 is 25.0 Å². The third kappa shape index (κ3) is 5.26. The lowest BCUT2D eigenvalue weighted by molar-refractivity contribution is 0.414. The minimum absolute atomic E-state index is 0.0897. The normalized spacial score (nSPS) is 16.8. The van der Waals surface area contributed by atoms with Crippen LogP contribution in [0, 0.1) is 0 Å². The molecule has 0 saturated heterocycles. The van der Waals surface area contributed by atoms with Gasteiger partial charge in [-0.15, -0.1) is 0 Å². The fourth-order valence-electron chi connectivity index (χ4n) is 5.07. The van der Waals surface area contributed by atoms with Crippen LogP contribution in [-0.2, 0) is 6.54 Å². The molecule has 10 heteroatoms. The number of aromatic nitrogens is 5. The SMILES string of the molecule is COc1ccc(Cn2c(N[C@H]3CC[C@H](Nc4ccc(-n5ccccc5=O)cn4)C3)nc3ncc(O)cc32)cc1. The van der Waals surface area contributed by atoms with Crippen LogP contribution in [0.25, 0.3) is 16.9 Å². The number of fused-ring (bicyclic) bond motifs is 1. The molecule has 1 saturated carbocycles. The molecule has 5 aromatic rings. The molecule has 0 amide bonds. The molecule has 1 fully saturated rings. The molecular weight excluding hydrogens is 494 g/mol. The zero-order valence-corrected chi connectivity index (χ0v) is 21.5. The van der Waals surface area contributed by atoms with Crippen molar-refractivity contribution in [3.05, 3.63) is 95.2 Å². The Morgan fingerprint density at radius 1 is 1.00 bits per heavy atom. The third-order valence-corrected chi connectivity index (χ3v) is 7.06. The van der Waals surface area contributed by atoms with Crippen molar-refractivity contribution in [1.29, 1.82) is 0 Å². The van der Waals surface area contributed by atoms with Crippen molar-refractivity contribution in [3.63, 3.8) is 0 Å². The molecule has 4 aromatic heterocycles. The maximum absolute atomic E-state index is 12.1. The summed E-state index contributed by atoms with van der Waals surface area (Å²) in [6, 6.07) is 18.9. The van der Waals surface area contributed by atoms with Crippen molar-refractivity contribution in [2.75, 3.05) is 17.7 Å². The highest BCUT2D eigenvalue weighted by molar-refractivity contribution is 5.76. The second kappa shape index (κ2) is 10.5. The van der Waals surface area contributed by atoms with Crippen molar-refractivity contribution in [2.45, 2.75) is 37.9 Å². The Hall–Kier alpha value is -4.86. The van der Waals surface area contributed by atoms with Crippen LogP contribution >= 0.6 is 0 Å². The highest BCUT2D eigenvalue weighted by Gasteiger charge is 2.26. The first-order valence-electron chi connectivity index (χ1n) is 12.9. The number of aromatic hydroxyl groups is 1. The van der Waals surface area contributed by atoms with Gasteiger partial charge in [-0.2, -0.15) is 4.98 Å². The molecule has 1 aliphatic rings. The monoisotopic (exact) mass is 523 g/mol. The van der Waals surface area contributed by atoms with E-state index < -0.39 is 0 Å². The highest BCUT2D eigenvalue weighted by atomic mass is 16.5. The smallest absolute Gasteiger partial charge is 0.255 e. The molecular formula is C29H29N7O3. The number of ether oxygens (including phenoxy) is 1. The van der Waals surface area contributed by atoms with Crippen molar-refractivity contribution in [1.82, 2.24) is 24.1 Å². The van der Waals surface area contributed by atoms with E-state index in [-0.39, 0.29) is 23.4 Å². The van der Waals surface area contributed by atoms with E-state index in [9.17, 15) is 9.90 Å². The minimum Gasteiger partial charge on any atom is -0.506 e. The van der Waals surface area contributed by atoms with Crippen molar-refractivity contribution in [3.8, 4) is 17.2 Å². The van der Waals surface area contributed by atoms with Crippen LogP contribution in [-0.4, -0.2) is 48.4 Å². The number of hydrogen-bond donors (Lipinski definition) is 3. The van der Waals surface area contributed by atoms with Gasteiger partial charge in [0.2, 0.25) is 5.95 Å². The van der Waals surface area contributed by atoms with Gasteiger partial charge in [0.1, 0.15) is 17.3 Å². The van der Waals surface area contributed by atoms with Gasteiger partial charge in [-0.1, -0.05) is 18.2 Å². The molecule has 0 radical (unpaired) electrons. The number of rotatable bonds is 8. The number of methoxy groups -OCH3 is 1. The van der Waals surface area contributed by atoms with Gasteiger partial charge in [0.25, 0.3) is 5.56 Å². The summed E-state index contributed by atoms with van der Waals surface area (Å²) in [7, 11) is 1.65. The zero-order valence-electron chi connectivity index (χ0n) is 21.5. The average molecular weight is 524 g/mol. The van der Waals surface area contributed by atoms with E-state index in [0.29, 0.717) is 12.2 Å². The van der Waals surface area contributed by atoms with Crippen LogP contribution < -0.4 is 20.9 Å². The van der Waals surface area contributed by atoms with Gasteiger partial charge in [0.15, 0.2) is 5.65 Å². The topological polar surface area (TPSA) is 119 Å². The third-order valence-electron chi connectivity index (χ3n) is 7.06. The number of anilines is 2. The summed E-state index contributed by atoms with van der Waals surface area (Å²) in [5, 5.41) is 17.2. The summed E-state index contributed by atoms with van der Waals surface area (Å²) in [5.41, 5.74) is 3.07. The average Bonchev–Trinajstić information content (AvgIpc) is 3.53. The van der Waals surface area contributed by atoms with Crippen molar-refractivity contribution < 1.29 is 9.84 Å². The Morgan fingerprint density at radius 2 is 1.82 bits per heavy atom. The lowest BCUT2D eigenvalue weighted by atomic mass is 10.2. The standard InChI is InChI=1S/C29H29N7O3/c1-39-24-10-5-19(6-11-24)18-36-25-15-23(37)17-31-28(25)34-29(36)33-21-8-7-20(14-21)32-26-12-9-22(16-30-26)35-13-3-2-4-27(35)38/h2-6,9-13,15-17,20-21,37H,7-8,14,18H2,1H3,(H,30,32)(H,31,33,34)/t20-,21-/m0/s1. The van der Waals surface area contributed by atoms with E-state index in [4.69, 9.17) is 9.72 Å². The number of nitrogens with zero attached hydrogens (tertiary/aromatic N) is 5. The zero-order chi connectivity index (χ0) is 26.8. The van der Waals surface area contributed by atoms with Gasteiger partial charge in [-0.25, -0.2) is 9.97 Å². The lowest BCUT2D eigenvalue weighted by Gasteiger charge is -2.17. The molecule has 0 bridgehead atoms. The molecule has 1 aromatic carbocycles. The number of imidazole rings is 1. The largest absolute Gasteiger partial charge is 0.506 e. The Morgan fingerprint density at radius 3 is 2.56 bits per heavy atom. The van der Waals surface area contributed by atoms with Crippen LogP contribution in [0.2, 0.25) is 0 Å². The summed E-state index contributed by atoms with van der Waals surface area (Å²) < 4.78 is 8.91. The Bertz CT molecular complexity index is 1640. The van der Waals surface area contributed by atoms with Crippen LogP contribution in [0.5, 0.6) is 11.5 Å². The first-order chi connectivity index (χ1) is 19.1. The Kier molecular flexibility index (Phi) is 6.58. The predicted molar refractivity (Wildman–Crippen MR) is 150 cm³/mol. The summed E-state index contributed by atoms with van der Waals surface area (Å²) in [6.45, 7) is 0.573. The quantitative estimate of drug-likeness (QED) is 0.277. The number of hydrogen-bond acceptors (Lipinski definition) is 8. The van der Waals surface area contributed by atoms with E-state index in [1.807, 2.05) is 42.5 Å². The summed E-state index contributed by atoms with van der Waals surface area (Å²) >= 11 is 0. The highest BCUT2D eigenvalue weighted by Crippen LogP contribution is 2.29. The molecule has 10 nitrogen and oxygen atoms in total. The molecule has 1 aliphatic carbocycles. The Balaban J connectivity index is 1.16. The van der Waals surface area contributed by atoms with Crippen molar-refractivity contribution in [2.24, 2.45) is 0 Å². The van der Waals surface area contributed by atoms with Gasteiger partial charge in [0, 0.05) is 30.4 Å². The molecule has 39 heavy (non-hydrogen) atoms. The maximum Gasteiger partial charge on any atom is 0.255 e. The van der Waals surface area contributed by atoms with Crippen LogP contribution in [0.1, 0.15) is 24.8 Å². The van der Waals surface area contributed by atoms with Gasteiger partial charge >= 0.3 is 0 Å². The van der Waals surface area contributed by atoms with E-state index in [2.05, 4.69) is 25.2 Å². The van der Waals surface area contributed by atoms with E-state index in [0.717, 1.165) is 53.5 Å². The van der Waals surface area contributed by atoms with Crippen molar-refractivity contribution >= 4 is 22.9 Å². The molecule has 6 rings (SSSR count). The summed E-state index contributed by atoms with van der Waals surface area (Å²) in [4.78, 5) is 25.7. The van der Waals surface area contributed by atoms with Crippen LogP contribution in [0.4, 0.5) is 11.8 Å². The van der Waals surface area contributed by atoms with E-state index >= 15 is 0 Å². The number of pyridine rings is 3. The second-order valence-corrected chi connectivity index (χ2v) is 9.71. The molecule has 4 heterocycles.